The zero-order valence-corrected chi connectivity index (χ0v) is 10.4. The third-order valence-electron chi connectivity index (χ3n) is 1.86. The molecule has 4 nitrogen and oxygen atoms in total. The van der Waals surface area contributed by atoms with E-state index < -0.39 is 11.7 Å². The maximum atomic E-state index is 11.4. The summed E-state index contributed by atoms with van der Waals surface area (Å²) in [6, 6.07) is 9.60. The number of amidine groups is 1. The van der Waals surface area contributed by atoms with Crippen molar-refractivity contribution in [2.75, 3.05) is 0 Å². The quantitative estimate of drug-likeness (QED) is 0.631. The molecular formula is C13H18N2O2. The number of hydrogen-bond donors (Lipinski definition) is 1. The molecule has 0 aliphatic carbocycles. The van der Waals surface area contributed by atoms with Gasteiger partial charge in [-0.3, -0.25) is 0 Å². The van der Waals surface area contributed by atoms with Gasteiger partial charge < -0.3 is 10.5 Å². The number of nitrogens with zero attached hydrogens (tertiary/aromatic N) is 1. The summed E-state index contributed by atoms with van der Waals surface area (Å²) in [5.41, 5.74) is 6.14. The first kappa shape index (κ1) is 13.2. The minimum atomic E-state index is -0.647. The van der Waals surface area contributed by atoms with Gasteiger partial charge in [0.15, 0.2) is 0 Å². The fraction of sp³-hybridized carbons (Fsp3) is 0.385. The molecule has 0 saturated heterocycles. The second kappa shape index (κ2) is 5.48. The summed E-state index contributed by atoms with van der Waals surface area (Å²) in [6.45, 7) is 5.36. The Morgan fingerprint density at radius 2 is 1.88 bits per heavy atom. The SMILES string of the molecule is CC(C)(C)OC(=O)/N=C(\N)Cc1ccccc1. The van der Waals surface area contributed by atoms with Crippen LogP contribution in [0.15, 0.2) is 35.3 Å². The summed E-state index contributed by atoms with van der Waals surface area (Å²) in [7, 11) is 0. The molecule has 0 radical (unpaired) electrons. The van der Waals surface area contributed by atoms with Crippen molar-refractivity contribution in [2.45, 2.75) is 32.8 Å². The van der Waals surface area contributed by atoms with Crippen LogP contribution in [0.4, 0.5) is 4.79 Å². The Kier molecular flexibility index (Phi) is 4.26. The molecule has 1 amide bonds. The van der Waals surface area contributed by atoms with Crippen molar-refractivity contribution in [1.29, 1.82) is 0 Å². The zero-order valence-electron chi connectivity index (χ0n) is 10.4. The van der Waals surface area contributed by atoms with Crippen molar-refractivity contribution in [3.8, 4) is 0 Å². The minimum Gasteiger partial charge on any atom is -0.442 e. The molecule has 0 aliphatic heterocycles. The summed E-state index contributed by atoms with van der Waals surface area (Å²) in [5, 5.41) is 0. The standard InChI is InChI=1S/C13H18N2O2/c1-13(2,3)17-12(16)15-11(14)9-10-7-5-4-6-8-10/h4-8H,9H2,1-3H3,(H2,14,15,16). The Bertz CT molecular complexity index is 405. The number of carbonyl (C=O) groups is 1. The smallest absolute Gasteiger partial charge is 0.435 e. The Balaban J connectivity index is 2.58. The van der Waals surface area contributed by atoms with Gasteiger partial charge >= 0.3 is 6.09 Å². The van der Waals surface area contributed by atoms with Crippen LogP contribution in [0.1, 0.15) is 26.3 Å². The van der Waals surface area contributed by atoms with Gasteiger partial charge in [0.05, 0.1) is 0 Å². The van der Waals surface area contributed by atoms with E-state index in [1.165, 1.54) is 0 Å². The molecule has 1 aromatic carbocycles. The second-order valence-electron chi connectivity index (χ2n) is 4.75. The molecule has 0 fully saturated rings. The van der Waals surface area contributed by atoms with Gasteiger partial charge in [0, 0.05) is 6.42 Å². The first-order valence-corrected chi connectivity index (χ1v) is 5.47. The molecule has 17 heavy (non-hydrogen) atoms. The lowest BCUT2D eigenvalue weighted by atomic mass is 10.1. The fourth-order valence-electron chi connectivity index (χ4n) is 1.25. The van der Waals surface area contributed by atoms with E-state index in [4.69, 9.17) is 10.5 Å². The Hall–Kier alpha value is -1.84. The summed E-state index contributed by atoms with van der Waals surface area (Å²) < 4.78 is 5.04. The van der Waals surface area contributed by atoms with Crippen LogP contribution in [0.3, 0.4) is 0 Å². The summed E-state index contributed by atoms with van der Waals surface area (Å²) in [5.74, 6) is 0.255. The normalized spacial score (nSPS) is 12.3. The fourth-order valence-corrected chi connectivity index (χ4v) is 1.25. The highest BCUT2D eigenvalue weighted by molar-refractivity contribution is 5.91. The van der Waals surface area contributed by atoms with E-state index in [2.05, 4.69) is 4.99 Å². The van der Waals surface area contributed by atoms with E-state index in [1.54, 1.807) is 20.8 Å². The molecule has 0 atom stereocenters. The molecule has 4 heteroatoms. The van der Waals surface area contributed by atoms with Crippen LogP contribution in [-0.2, 0) is 11.2 Å². The van der Waals surface area contributed by atoms with Gasteiger partial charge in [0.1, 0.15) is 11.4 Å². The van der Waals surface area contributed by atoms with Gasteiger partial charge in [-0.05, 0) is 26.3 Å². The van der Waals surface area contributed by atoms with E-state index in [0.717, 1.165) is 5.56 Å². The Morgan fingerprint density at radius 3 is 2.41 bits per heavy atom. The molecule has 0 aromatic heterocycles. The van der Waals surface area contributed by atoms with Gasteiger partial charge in [-0.15, -0.1) is 0 Å². The summed E-state index contributed by atoms with van der Waals surface area (Å²) in [4.78, 5) is 15.1. The lowest BCUT2D eigenvalue weighted by Crippen LogP contribution is -2.24. The molecule has 0 spiro atoms. The van der Waals surface area contributed by atoms with Gasteiger partial charge in [-0.25, -0.2) is 4.79 Å². The van der Waals surface area contributed by atoms with Gasteiger partial charge in [0.2, 0.25) is 0 Å². The monoisotopic (exact) mass is 234 g/mol. The Labute approximate surface area is 101 Å². The molecule has 1 aromatic rings. The van der Waals surface area contributed by atoms with Crippen molar-refractivity contribution < 1.29 is 9.53 Å². The van der Waals surface area contributed by atoms with Crippen LogP contribution in [0, 0.1) is 0 Å². The average molecular weight is 234 g/mol. The number of hydrogen-bond acceptors (Lipinski definition) is 2. The van der Waals surface area contributed by atoms with Crippen molar-refractivity contribution in [3.05, 3.63) is 35.9 Å². The molecule has 0 aliphatic rings. The molecule has 92 valence electrons. The van der Waals surface area contributed by atoms with Crippen molar-refractivity contribution in [3.63, 3.8) is 0 Å². The van der Waals surface area contributed by atoms with Crippen LogP contribution in [0.2, 0.25) is 0 Å². The molecule has 0 bridgehead atoms. The number of aliphatic imine (C=N–C) groups is 1. The molecule has 1 rings (SSSR count). The number of ether oxygens (including phenoxy) is 1. The van der Waals surface area contributed by atoms with Crippen LogP contribution >= 0.6 is 0 Å². The Morgan fingerprint density at radius 1 is 1.29 bits per heavy atom. The number of rotatable bonds is 2. The van der Waals surface area contributed by atoms with E-state index in [9.17, 15) is 4.79 Å². The van der Waals surface area contributed by atoms with E-state index >= 15 is 0 Å². The summed E-state index contributed by atoms with van der Waals surface area (Å²) in [6.07, 6.45) is -0.203. The maximum Gasteiger partial charge on any atom is 0.435 e. The van der Waals surface area contributed by atoms with Crippen LogP contribution < -0.4 is 5.73 Å². The number of nitrogens with two attached hydrogens (primary N) is 1. The highest BCUT2D eigenvalue weighted by Gasteiger charge is 2.15. The predicted molar refractivity (Wildman–Crippen MR) is 68.0 cm³/mol. The molecule has 0 heterocycles. The number of amides is 1. The van der Waals surface area contributed by atoms with Crippen molar-refractivity contribution >= 4 is 11.9 Å². The van der Waals surface area contributed by atoms with Crippen molar-refractivity contribution in [1.82, 2.24) is 0 Å². The van der Waals surface area contributed by atoms with Gasteiger partial charge in [0.25, 0.3) is 0 Å². The highest BCUT2D eigenvalue weighted by Crippen LogP contribution is 2.08. The first-order valence-electron chi connectivity index (χ1n) is 5.47. The average Bonchev–Trinajstić information content (AvgIpc) is 2.15. The zero-order chi connectivity index (χ0) is 12.9. The van der Waals surface area contributed by atoms with Gasteiger partial charge in [-0.1, -0.05) is 30.3 Å². The minimum absolute atomic E-state index is 0.255. The molecular weight excluding hydrogens is 216 g/mol. The van der Waals surface area contributed by atoms with Crippen LogP contribution in [-0.4, -0.2) is 17.5 Å². The maximum absolute atomic E-state index is 11.4. The van der Waals surface area contributed by atoms with E-state index in [1.807, 2.05) is 30.3 Å². The van der Waals surface area contributed by atoms with Crippen molar-refractivity contribution in [2.24, 2.45) is 10.7 Å². The largest absolute Gasteiger partial charge is 0.442 e. The molecule has 0 saturated carbocycles. The van der Waals surface area contributed by atoms with Gasteiger partial charge in [-0.2, -0.15) is 4.99 Å². The summed E-state index contributed by atoms with van der Waals surface area (Å²) >= 11 is 0. The third-order valence-corrected chi connectivity index (χ3v) is 1.86. The molecule has 0 unspecified atom stereocenters. The second-order valence-corrected chi connectivity index (χ2v) is 4.75. The number of benzene rings is 1. The predicted octanol–water partition coefficient (Wildman–Crippen LogP) is 2.52. The highest BCUT2D eigenvalue weighted by atomic mass is 16.6. The number of carbonyl (C=O) groups excluding carboxylic acids is 1. The van der Waals surface area contributed by atoms with E-state index in [-0.39, 0.29) is 5.84 Å². The lowest BCUT2D eigenvalue weighted by molar-refractivity contribution is 0.0604. The topological polar surface area (TPSA) is 64.7 Å². The van der Waals surface area contributed by atoms with E-state index in [0.29, 0.717) is 6.42 Å². The first-order chi connectivity index (χ1) is 7.87. The third kappa shape index (κ3) is 5.70. The van der Waals surface area contributed by atoms with Crippen LogP contribution in [0.25, 0.3) is 0 Å². The van der Waals surface area contributed by atoms with Crippen LogP contribution in [0.5, 0.6) is 0 Å². The molecule has 2 N–H and O–H groups in total. The lowest BCUT2D eigenvalue weighted by Gasteiger charge is -2.17.